The van der Waals surface area contributed by atoms with Crippen LogP contribution in [0.1, 0.15) is 11.5 Å². The van der Waals surface area contributed by atoms with Crippen molar-refractivity contribution in [2.75, 3.05) is 19.7 Å². The summed E-state index contributed by atoms with van der Waals surface area (Å²) >= 11 is 0. The Morgan fingerprint density at radius 3 is 2.68 bits per heavy atom. The molecule has 0 spiro atoms. The van der Waals surface area contributed by atoms with Crippen molar-refractivity contribution in [1.29, 1.82) is 0 Å². The first kappa shape index (κ1) is 12.7. The number of fused-ring (bicyclic) bond motifs is 1. The normalized spacial score (nSPS) is 32.4. The molecule has 1 aliphatic carbocycles. The lowest BCUT2D eigenvalue weighted by molar-refractivity contribution is 0.174. The van der Waals surface area contributed by atoms with Crippen LogP contribution >= 0.6 is 0 Å². The summed E-state index contributed by atoms with van der Waals surface area (Å²) in [5.74, 6) is 0.797. The molecule has 2 aliphatic rings. The van der Waals surface area contributed by atoms with Gasteiger partial charge in [-0.05, 0) is 17.7 Å². The van der Waals surface area contributed by atoms with E-state index < -0.39 is 26.5 Å². The molecule has 0 amide bonds. The van der Waals surface area contributed by atoms with Gasteiger partial charge in [-0.1, -0.05) is 6.07 Å². The quantitative estimate of drug-likeness (QED) is 0.785. The van der Waals surface area contributed by atoms with Crippen molar-refractivity contribution in [2.45, 2.75) is 16.7 Å². The summed E-state index contributed by atoms with van der Waals surface area (Å²) in [5.41, 5.74) is 5.63. The fourth-order valence-corrected chi connectivity index (χ4v) is 4.69. The average molecular weight is 285 g/mol. The molecule has 19 heavy (non-hydrogen) atoms. The average Bonchev–Trinajstić information content (AvgIpc) is 2.77. The van der Waals surface area contributed by atoms with Crippen molar-refractivity contribution in [3.8, 4) is 11.5 Å². The van der Waals surface area contributed by atoms with Crippen LogP contribution in [0.3, 0.4) is 0 Å². The van der Waals surface area contributed by atoms with Crippen molar-refractivity contribution < 1.29 is 23.0 Å². The summed E-state index contributed by atoms with van der Waals surface area (Å²) < 4.78 is 33.9. The molecule has 1 saturated carbocycles. The first-order valence-corrected chi connectivity index (χ1v) is 7.81. The Kier molecular flexibility index (Phi) is 2.57. The maximum atomic E-state index is 11.7. The van der Waals surface area contributed by atoms with Gasteiger partial charge in [-0.3, -0.25) is 0 Å². The Morgan fingerprint density at radius 2 is 2.11 bits per heavy atom. The van der Waals surface area contributed by atoms with Crippen LogP contribution in [0.4, 0.5) is 0 Å². The first-order valence-electron chi connectivity index (χ1n) is 5.86. The SMILES string of the molecule is CS(=O)(=O)[C@@H]1[C@H](c2ccc3c(c2)OCO3)[C@@]1(N)CO. The molecular weight excluding hydrogens is 270 g/mol. The zero-order valence-electron chi connectivity index (χ0n) is 10.4. The van der Waals surface area contributed by atoms with Crippen LogP contribution in [-0.4, -0.2) is 44.0 Å². The fourth-order valence-electron chi connectivity index (χ4n) is 2.85. The van der Waals surface area contributed by atoms with Crippen LogP contribution in [0, 0.1) is 0 Å². The molecule has 0 aromatic heterocycles. The molecular formula is C12H15NO5S. The van der Waals surface area contributed by atoms with Crippen LogP contribution in [-0.2, 0) is 9.84 Å². The third kappa shape index (κ3) is 1.80. The molecule has 1 aromatic rings. The molecule has 1 aliphatic heterocycles. The molecule has 3 rings (SSSR count). The number of benzene rings is 1. The highest BCUT2D eigenvalue weighted by Gasteiger charge is 2.67. The molecule has 104 valence electrons. The summed E-state index contributed by atoms with van der Waals surface area (Å²) in [6.07, 6.45) is 1.14. The van der Waals surface area contributed by atoms with E-state index >= 15 is 0 Å². The van der Waals surface area contributed by atoms with Crippen LogP contribution in [0.25, 0.3) is 0 Å². The molecule has 1 aromatic carbocycles. The molecule has 1 fully saturated rings. The standard InChI is InChI=1S/C12H15NO5S/c1-19(15,16)11-10(12(11,13)5-14)7-2-3-8-9(4-7)18-6-17-8/h2-4,10-11,14H,5-6,13H2,1H3/t10-,11+,12-/m0/s1. The van der Waals surface area contributed by atoms with Gasteiger partial charge in [0, 0.05) is 12.2 Å². The summed E-state index contributed by atoms with van der Waals surface area (Å²) in [6.45, 7) is -0.212. The Hall–Kier alpha value is -1.31. The van der Waals surface area contributed by atoms with Gasteiger partial charge in [-0.25, -0.2) is 8.42 Å². The maximum Gasteiger partial charge on any atom is 0.231 e. The predicted molar refractivity (Wildman–Crippen MR) is 67.9 cm³/mol. The van der Waals surface area contributed by atoms with Gasteiger partial charge in [0.2, 0.25) is 6.79 Å². The van der Waals surface area contributed by atoms with E-state index in [1.807, 2.05) is 0 Å². The van der Waals surface area contributed by atoms with E-state index in [0.717, 1.165) is 11.8 Å². The number of hydrogen-bond donors (Lipinski definition) is 2. The molecule has 1 heterocycles. The topological polar surface area (TPSA) is 98.9 Å². The van der Waals surface area contributed by atoms with E-state index in [1.165, 1.54) is 0 Å². The number of hydrogen-bond acceptors (Lipinski definition) is 6. The van der Waals surface area contributed by atoms with Gasteiger partial charge >= 0.3 is 0 Å². The van der Waals surface area contributed by atoms with Gasteiger partial charge in [-0.15, -0.1) is 0 Å². The predicted octanol–water partition coefficient (Wildman–Crippen LogP) is -0.384. The highest BCUT2D eigenvalue weighted by atomic mass is 32.2. The van der Waals surface area contributed by atoms with Crippen LogP contribution in [0.5, 0.6) is 11.5 Å². The number of aliphatic hydroxyl groups is 1. The zero-order valence-corrected chi connectivity index (χ0v) is 11.2. The minimum atomic E-state index is -3.32. The minimum Gasteiger partial charge on any atom is -0.454 e. The van der Waals surface area contributed by atoms with E-state index in [0.29, 0.717) is 11.5 Å². The second-order valence-corrected chi connectivity index (χ2v) is 7.28. The number of aliphatic hydroxyl groups excluding tert-OH is 1. The Balaban J connectivity index is 1.99. The Morgan fingerprint density at radius 1 is 1.42 bits per heavy atom. The summed E-state index contributed by atoms with van der Waals surface area (Å²) in [6, 6.07) is 5.23. The lowest BCUT2D eigenvalue weighted by atomic mass is 10.1. The smallest absolute Gasteiger partial charge is 0.231 e. The zero-order chi connectivity index (χ0) is 13.8. The van der Waals surface area contributed by atoms with Crippen molar-refractivity contribution in [3.05, 3.63) is 23.8 Å². The third-order valence-corrected chi connectivity index (χ3v) is 5.43. The number of rotatable bonds is 3. The minimum absolute atomic E-state index is 0.159. The van der Waals surface area contributed by atoms with Crippen LogP contribution in [0.15, 0.2) is 18.2 Å². The van der Waals surface area contributed by atoms with Crippen LogP contribution in [0.2, 0.25) is 0 Å². The van der Waals surface area contributed by atoms with Crippen LogP contribution < -0.4 is 15.2 Å². The summed E-state index contributed by atoms with van der Waals surface area (Å²) in [7, 11) is -3.32. The van der Waals surface area contributed by atoms with Gasteiger partial charge in [0.1, 0.15) is 0 Å². The third-order valence-electron chi connectivity index (χ3n) is 3.79. The summed E-state index contributed by atoms with van der Waals surface area (Å²) in [4.78, 5) is 0. The highest BCUT2D eigenvalue weighted by Crippen LogP contribution is 2.54. The molecule has 0 saturated heterocycles. The van der Waals surface area contributed by atoms with E-state index in [2.05, 4.69) is 0 Å². The van der Waals surface area contributed by atoms with Crippen molar-refractivity contribution in [1.82, 2.24) is 0 Å². The molecule has 0 radical (unpaired) electrons. The molecule has 3 N–H and O–H groups in total. The van der Waals surface area contributed by atoms with E-state index in [1.54, 1.807) is 18.2 Å². The lowest BCUT2D eigenvalue weighted by Crippen LogP contribution is -2.34. The highest BCUT2D eigenvalue weighted by molar-refractivity contribution is 7.91. The van der Waals surface area contributed by atoms with Gasteiger partial charge in [0.05, 0.1) is 17.4 Å². The lowest BCUT2D eigenvalue weighted by Gasteiger charge is -2.07. The molecule has 3 atom stereocenters. The van der Waals surface area contributed by atoms with Crippen molar-refractivity contribution in [3.63, 3.8) is 0 Å². The molecule has 0 unspecified atom stereocenters. The first-order chi connectivity index (χ1) is 8.88. The van der Waals surface area contributed by atoms with E-state index in [4.69, 9.17) is 15.2 Å². The Labute approximate surface area is 111 Å². The largest absolute Gasteiger partial charge is 0.454 e. The second kappa shape index (κ2) is 3.84. The number of sulfone groups is 1. The number of ether oxygens (including phenoxy) is 2. The van der Waals surface area contributed by atoms with Crippen molar-refractivity contribution in [2.24, 2.45) is 5.73 Å². The van der Waals surface area contributed by atoms with Crippen molar-refractivity contribution >= 4 is 9.84 Å². The van der Waals surface area contributed by atoms with Gasteiger partial charge < -0.3 is 20.3 Å². The molecule has 6 nitrogen and oxygen atoms in total. The van der Waals surface area contributed by atoms with Gasteiger partial charge in [-0.2, -0.15) is 0 Å². The molecule has 7 heteroatoms. The maximum absolute atomic E-state index is 11.7. The Bertz CT molecular complexity index is 629. The van der Waals surface area contributed by atoms with E-state index in [9.17, 15) is 13.5 Å². The number of nitrogens with two attached hydrogens (primary N) is 1. The fraction of sp³-hybridized carbons (Fsp3) is 0.500. The monoisotopic (exact) mass is 285 g/mol. The summed E-state index contributed by atoms with van der Waals surface area (Å²) in [5, 5.41) is 8.62. The molecule has 0 bridgehead atoms. The van der Waals surface area contributed by atoms with Gasteiger partial charge in [0.15, 0.2) is 21.3 Å². The van der Waals surface area contributed by atoms with E-state index in [-0.39, 0.29) is 13.4 Å². The van der Waals surface area contributed by atoms with Gasteiger partial charge in [0.25, 0.3) is 0 Å². The second-order valence-electron chi connectivity index (χ2n) is 5.11.